The van der Waals surface area contributed by atoms with Gasteiger partial charge in [-0.05, 0) is 11.6 Å². The maximum atomic E-state index is 12.3. The molecular formula is C17H12O4. The Morgan fingerprint density at radius 1 is 0.810 bits per heavy atom. The van der Waals surface area contributed by atoms with E-state index in [0.29, 0.717) is 5.56 Å². The second kappa shape index (κ2) is 6.43. The van der Waals surface area contributed by atoms with Gasteiger partial charge in [0.25, 0.3) is 5.78 Å². The van der Waals surface area contributed by atoms with Crippen LogP contribution < -0.4 is 0 Å². The first-order valence-electron chi connectivity index (χ1n) is 6.23. The first-order valence-corrected chi connectivity index (χ1v) is 6.23. The number of carboxylic acids is 1. The summed E-state index contributed by atoms with van der Waals surface area (Å²) in [4.78, 5) is 35.0. The summed E-state index contributed by atoms with van der Waals surface area (Å²) < 4.78 is 0. The maximum Gasteiger partial charge on any atom is 0.377 e. The number of Topliss-reactive ketones (excluding diaryl/α,β-unsaturated/α-hetero) is 2. The molecule has 0 aliphatic rings. The van der Waals surface area contributed by atoms with Crippen molar-refractivity contribution < 1.29 is 19.5 Å². The van der Waals surface area contributed by atoms with E-state index in [2.05, 4.69) is 0 Å². The molecule has 0 bridgehead atoms. The highest BCUT2D eigenvalue weighted by Gasteiger charge is 2.25. The zero-order chi connectivity index (χ0) is 15.2. The van der Waals surface area contributed by atoms with E-state index in [-0.39, 0.29) is 11.1 Å². The Kier molecular flexibility index (Phi) is 4.41. The van der Waals surface area contributed by atoms with E-state index in [1.165, 1.54) is 18.2 Å². The Morgan fingerprint density at radius 3 is 1.86 bits per heavy atom. The highest BCUT2D eigenvalue weighted by atomic mass is 16.4. The van der Waals surface area contributed by atoms with Crippen molar-refractivity contribution in [1.82, 2.24) is 0 Å². The lowest BCUT2D eigenvalue weighted by molar-refractivity contribution is -0.147. The van der Waals surface area contributed by atoms with E-state index in [0.717, 1.165) is 0 Å². The minimum atomic E-state index is -1.65. The van der Waals surface area contributed by atoms with Gasteiger partial charge in [0, 0.05) is 5.56 Å². The molecule has 0 radical (unpaired) electrons. The fourth-order valence-corrected chi connectivity index (χ4v) is 1.81. The van der Waals surface area contributed by atoms with Crippen LogP contribution in [0.3, 0.4) is 0 Å². The number of carbonyl (C=O) groups excluding carboxylic acids is 2. The molecule has 1 N–H and O–H groups in total. The summed E-state index contributed by atoms with van der Waals surface area (Å²) in [5, 5.41) is 8.88. The van der Waals surface area contributed by atoms with Gasteiger partial charge < -0.3 is 5.11 Å². The van der Waals surface area contributed by atoms with Crippen LogP contribution in [-0.2, 0) is 9.59 Å². The normalized spacial score (nSPS) is 11.0. The Labute approximate surface area is 121 Å². The average Bonchev–Trinajstić information content (AvgIpc) is 2.53. The number of carbonyl (C=O) groups is 3. The predicted molar refractivity (Wildman–Crippen MR) is 77.8 cm³/mol. The van der Waals surface area contributed by atoms with Crippen LogP contribution in [0.5, 0.6) is 0 Å². The highest BCUT2D eigenvalue weighted by molar-refractivity contribution is 6.49. The largest absolute Gasteiger partial charge is 0.475 e. The standard InChI is InChI=1S/C17H12O4/c18-15(13-9-5-2-6-10-13)14(16(19)17(20)21)11-12-7-3-1-4-8-12/h1-11H,(H,20,21)/b14-11-. The second-order valence-corrected chi connectivity index (χ2v) is 4.30. The minimum absolute atomic E-state index is 0.272. The third-order valence-electron chi connectivity index (χ3n) is 2.83. The van der Waals surface area contributed by atoms with Crippen LogP contribution in [-0.4, -0.2) is 22.6 Å². The van der Waals surface area contributed by atoms with Crippen LogP contribution in [0.4, 0.5) is 0 Å². The minimum Gasteiger partial charge on any atom is -0.475 e. The van der Waals surface area contributed by atoms with Crippen molar-refractivity contribution in [2.75, 3.05) is 0 Å². The van der Waals surface area contributed by atoms with Gasteiger partial charge >= 0.3 is 5.97 Å². The second-order valence-electron chi connectivity index (χ2n) is 4.30. The summed E-state index contributed by atoms with van der Waals surface area (Å²) in [5.41, 5.74) is 0.501. The molecule has 2 rings (SSSR count). The summed E-state index contributed by atoms with van der Waals surface area (Å²) in [6, 6.07) is 16.7. The van der Waals surface area contributed by atoms with E-state index in [9.17, 15) is 14.4 Å². The van der Waals surface area contributed by atoms with Gasteiger partial charge in [0.2, 0.25) is 0 Å². The van der Waals surface area contributed by atoms with Crippen molar-refractivity contribution in [1.29, 1.82) is 0 Å². The van der Waals surface area contributed by atoms with E-state index in [4.69, 9.17) is 5.11 Å². The zero-order valence-corrected chi connectivity index (χ0v) is 11.0. The molecule has 0 saturated heterocycles. The van der Waals surface area contributed by atoms with Crippen molar-refractivity contribution in [3.05, 3.63) is 77.4 Å². The smallest absolute Gasteiger partial charge is 0.377 e. The first-order chi connectivity index (χ1) is 10.1. The molecule has 0 aromatic heterocycles. The van der Waals surface area contributed by atoms with Gasteiger partial charge in [-0.25, -0.2) is 4.79 Å². The van der Waals surface area contributed by atoms with Crippen molar-refractivity contribution in [2.24, 2.45) is 0 Å². The molecule has 21 heavy (non-hydrogen) atoms. The van der Waals surface area contributed by atoms with Gasteiger partial charge in [-0.1, -0.05) is 60.7 Å². The zero-order valence-electron chi connectivity index (χ0n) is 11.0. The fourth-order valence-electron chi connectivity index (χ4n) is 1.81. The predicted octanol–water partition coefficient (Wildman–Crippen LogP) is 2.61. The summed E-state index contributed by atoms with van der Waals surface area (Å²) >= 11 is 0. The number of carboxylic acid groups (broad SMARTS) is 1. The van der Waals surface area contributed by atoms with Crippen molar-refractivity contribution in [2.45, 2.75) is 0 Å². The number of rotatable bonds is 5. The maximum absolute atomic E-state index is 12.3. The molecule has 0 aliphatic heterocycles. The first kappa shape index (κ1) is 14.4. The Bertz CT molecular complexity index is 700. The van der Waals surface area contributed by atoms with Gasteiger partial charge in [-0.15, -0.1) is 0 Å². The monoisotopic (exact) mass is 280 g/mol. The fraction of sp³-hybridized carbons (Fsp3) is 0. The number of ketones is 2. The lowest BCUT2D eigenvalue weighted by atomic mass is 9.97. The third-order valence-corrected chi connectivity index (χ3v) is 2.83. The van der Waals surface area contributed by atoms with Crippen LogP contribution >= 0.6 is 0 Å². The molecule has 4 nitrogen and oxygen atoms in total. The lowest BCUT2D eigenvalue weighted by Gasteiger charge is -2.04. The Hall–Kier alpha value is -3.01. The van der Waals surface area contributed by atoms with Gasteiger partial charge in [0.15, 0.2) is 5.78 Å². The van der Waals surface area contributed by atoms with Crippen molar-refractivity contribution in [3.8, 4) is 0 Å². The molecule has 104 valence electrons. The molecule has 0 unspecified atom stereocenters. The molecule has 2 aromatic rings. The molecule has 0 saturated carbocycles. The van der Waals surface area contributed by atoms with Crippen LogP contribution in [0.25, 0.3) is 6.08 Å². The van der Waals surface area contributed by atoms with Gasteiger partial charge in [-0.3, -0.25) is 9.59 Å². The van der Waals surface area contributed by atoms with Crippen molar-refractivity contribution >= 4 is 23.6 Å². The number of aliphatic carboxylic acids is 1. The number of hydrogen-bond donors (Lipinski definition) is 1. The van der Waals surface area contributed by atoms with E-state index < -0.39 is 17.5 Å². The summed E-state index contributed by atoms with van der Waals surface area (Å²) in [6.07, 6.45) is 1.30. The highest BCUT2D eigenvalue weighted by Crippen LogP contribution is 2.14. The van der Waals surface area contributed by atoms with Crippen LogP contribution in [0.15, 0.2) is 66.2 Å². The molecular weight excluding hydrogens is 268 g/mol. The summed E-state index contributed by atoms with van der Waals surface area (Å²) in [7, 11) is 0. The molecule has 0 fully saturated rings. The third kappa shape index (κ3) is 3.51. The molecule has 0 heterocycles. The SMILES string of the molecule is O=C(O)C(=O)/C(=C\c1ccccc1)C(=O)c1ccccc1. The van der Waals surface area contributed by atoms with Crippen LogP contribution in [0.1, 0.15) is 15.9 Å². The van der Waals surface area contributed by atoms with Crippen LogP contribution in [0.2, 0.25) is 0 Å². The number of hydrogen-bond acceptors (Lipinski definition) is 3. The lowest BCUT2D eigenvalue weighted by Crippen LogP contribution is -2.21. The molecule has 0 spiro atoms. The van der Waals surface area contributed by atoms with Gasteiger partial charge in [-0.2, -0.15) is 0 Å². The van der Waals surface area contributed by atoms with Crippen molar-refractivity contribution in [3.63, 3.8) is 0 Å². The Morgan fingerprint density at radius 2 is 1.33 bits per heavy atom. The molecule has 0 aliphatic carbocycles. The quantitative estimate of drug-likeness (QED) is 0.300. The summed E-state index contributed by atoms with van der Waals surface area (Å²) in [6.45, 7) is 0. The molecule has 0 atom stereocenters. The average molecular weight is 280 g/mol. The Balaban J connectivity index is 2.47. The topological polar surface area (TPSA) is 71.4 Å². The van der Waals surface area contributed by atoms with Gasteiger partial charge in [0.05, 0.1) is 5.57 Å². The van der Waals surface area contributed by atoms with E-state index >= 15 is 0 Å². The van der Waals surface area contributed by atoms with Gasteiger partial charge in [0.1, 0.15) is 0 Å². The number of benzene rings is 2. The molecule has 4 heteroatoms. The molecule has 0 amide bonds. The van der Waals surface area contributed by atoms with E-state index in [1.807, 2.05) is 0 Å². The van der Waals surface area contributed by atoms with Crippen LogP contribution in [0, 0.1) is 0 Å². The summed E-state index contributed by atoms with van der Waals surface area (Å²) in [5.74, 6) is -3.47. The van der Waals surface area contributed by atoms with E-state index in [1.54, 1.807) is 48.5 Å². The molecule has 2 aromatic carbocycles.